The Morgan fingerprint density at radius 1 is 1.14 bits per heavy atom. The largest absolute Gasteiger partial charge is 0.481 e. The molecule has 2 aromatic rings. The van der Waals surface area contributed by atoms with Gasteiger partial charge in [-0.1, -0.05) is 25.3 Å². The highest BCUT2D eigenvalue weighted by Crippen LogP contribution is 2.41. The average Bonchev–Trinajstić information content (AvgIpc) is 3.63. The number of nitrogens with zero attached hydrogens (tertiary/aromatic N) is 2. The van der Waals surface area contributed by atoms with Crippen LogP contribution in [0.25, 0.3) is 11.3 Å². The zero-order valence-corrected chi connectivity index (χ0v) is 25.3. The molecule has 0 radical (unpaired) electrons. The smallest absolute Gasteiger partial charge is 0.417 e. The van der Waals surface area contributed by atoms with E-state index in [9.17, 15) is 41.5 Å². The van der Waals surface area contributed by atoms with Crippen LogP contribution in [0.15, 0.2) is 29.2 Å². The third-order valence-corrected chi connectivity index (χ3v) is 10.1. The van der Waals surface area contributed by atoms with Gasteiger partial charge in [0.25, 0.3) is 5.91 Å². The topological polar surface area (TPSA) is 141 Å². The Labute approximate surface area is 249 Å². The molecule has 43 heavy (non-hydrogen) atoms. The van der Waals surface area contributed by atoms with Crippen LogP contribution in [0.3, 0.4) is 0 Å². The lowest BCUT2D eigenvalue weighted by Gasteiger charge is -2.24. The minimum Gasteiger partial charge on any atom is -0.481 e. The minimum absolute atomic E-state index is 0.0860. The summed E-state index contributed by atoms with van der Waals surface area (Å²) in [4.78, 5) is 23.7. The molecule has 2 aliphatic rings. The Bertz CT molecular complexity index is 1550. The van der Waals surface area contributed by atoms with E-state index in [-0.39, 0.29) is 42.9 Å². The van der Waals surface area contributed by atoms with Gasteiger partial charge in [0.2, 0.25) is 10.0 Å². The standard InChI is InChI=1S/C30H37F3N4O5S/c1-19-22(26(38)35-14-13-28(2,3)27(39)40)16-24(37(19)17-20-7-5-4-6-8-20)21-9-10-25(23(15-21)30(31,32)33)43(41,42)36-29(18-34)11-12-29/h9-10,15-16,20,36H,4-8,11-14,17H2,1-3H3,(H,35,38)(H,39,40). The first-order chi connectivity index (χ1) is 20.0. The van der Waals surface area contributed by atoms with E-state index >= 15 is 0 Å². The molecule has 234 valence electrons. The van der Waals surface area contributed by atoms with Gasteiger partial charge in [0.05, 0.1) is 27.5 Å². The second-order valence-electron chi connectivity index (χ2n) is 12.3. The maximum atomic E-state index is 14.3. The molecular formula is C30H37F3N4O5S. The molecule has 0 bridgehead atoms. The summed E-state index contributed by atoms with van der Waals surface area (Å²) >= 11 is 0. The number of hydrogen-bond acceptors (Lipinski definition) is 5. The Kier molecular flexibility index (Phi) is 9.05. The summed E-state index contributed by atoms with van der Waals surface area (Å²) in [6.07, 6.45) is 0.666. The number of alkyl halides is 3. The van der Waals surface area contributed by atoms with Crippen molar-refractivity contribution in [3.05, 3.63) is 41.1 Å². The molecular weight excluding hydrogens is 585 g/mol. The normalized spacial score (nSPS) is 17.3. The number of rotatable bonds is 11. The molecule has 0 unspecified atom stereocenters. The average molecular weight is 623 g/mol. The highest BCUT2D eigenvalue weighted by molar-refractivity contribution is 7.89. The van der Waals surface area contributed by atoms with Crippen molar-refractivity contribution in [2.24, 2.45) is 11.3 Å². The Balaban J connectivity index is 1.74. The number of amides is 1. The first-order valence-corrected chi connectivity index (χ1v) is 15.9. The number of sulfonamides is 1. The lowest BCUT2D eigenvalue weighted by molar-refractivity contribution is -0.147. The quantitative estimate of drug-likeness (QED) is 0.297. The molecule has 1 heterocycles. The van der Waals surface area contributed by atoms with E-state index in [2.05, 4.69) is 10.0 Å². The number of nitrogens with one attached hydrogen (secondary N) is 2. The number of nitriles is 1. The molecule has 0 spiro atoms. The van der Waals surface area contributed by atoms with E-state index < -0.39 is 49.5 Å². The monoisotopic (exact) mass is 622 g/mol. The SMILES string of the molecule is Cc1c(C(=O)NCCC(C)(C)C(=O)O)cc(-c2ccc(S(=O)(=O)NC3(C#N)CC3)c(C(F)(F)F)c2)n1CC1CCCCC1. The summed E-state index contributed by atoms with van der Waals surface area (Å²) in [5.41, 5.74) is -2.58. The minimum atomic E-state index is -5.02. The first kappa shape index (κ1) is 32.5. The number of aromatic nitrogens is 1. The van der Waals surface area contributed by atoms with Crippen LogP contribution < -0.4 is 10.0 Å². The summed E-state index contributed by atoms with van der Waals surface area (Å²) in [5, 5.41) is 21.4. The van der Waals surface area contributed by atoms with Gasteiger partial charge in [-0.25, -0.2) is 8.42 Å². The van der Waals surface area contributed by atoms with Gasteiger partial charge >= 0.3 is 12.1 Å². The fourth-order valence-corrected chi connectivity index (χ4v) is 7.07. The summed E-state index contributed by atoms with van der Waals surface area (Å²) in [5.74, 6) is -1.22. The van der Waals surface area contributed by atoms with Crippen molar-refractivity contribution >= 4 is 21.9 Å². The highest BCUT2D eigenvalue weighted by atomic mass is 32.2. The Hall–Kier alpha value is -3.37. The molecule has 9 nitrogen and oxygen atoms in total. The van der Waals surface area contributed by atoms with Crippen LogP contribution in [0.1, 0.15) is 86.8 Å². The number of hydrogen-bond donors (Lipinski definition) is 3. The van der Waals surface area contributed by atoms with Crippen molar-refractivity contribution in [3.63, 3.8) is 0 Å². The summed E-state index contributed by atoms with van der Waals surface area (Å²) in [6, 6.07) is 6.30. The van der Waals surface area contributed by atoms with E-state index in [0.29, 0.717) is 17.9 Å². The molecule has 3 N–H and O–H groups in total. The van der Waals surface area contributed by atoms with Crippen LogP contribution in [-0.2, 0) is 27.5 Å². The van der Waals surface area contributed by atoms with Gasteiger partial charge < -0.3 is 15.0 Å². The molecule has 2 aliphatic carbocycles. The number of carboxylic acid groups (broad SMARTS) is 1. The van der Waals surface area contributed by atoms with Crippen LogP contribution in [0.2, 0.25) is 0 Å². The van der Waals surface area contributed by atoms with Crippen molar-refractivity contribution in [3.8, 4) is 17.3 Å². The van der Waals surface area contributed by atoms with Gasteiger partial charge in [-0.2, -0.15) is 23.2 Å². The van der Waals surface area contributed by atoms with Crippen molar-refractivity contribution in [1.82, 2.24) is 14.6 Å². The third-order valence-electron chi connectivity index (χ3n) is 8.56. The maximum absolute atomic E-state index is 14.3. The number of carbonyl (C=O) groups excluding carboxylic acids is 1. The summed E-state index contributed by atoms with van der Waals surface area (Å²) in [7, 11) is -4.66. The van der Waals surface area contributed by atoms with Crippen LogP contribution in [-0.4, -0.2) is 42.1 Å². The van der Waals surface area contributed by atoms with E-state index in [1.807, 2.05) is 10.6 Å². The maximum Gasteiger partial charge on any atom is 0.417 e. The van der Waals surface area contributed by atoms with Crippen molar-refractivity contribution in [2.45, 2.75) is 95.3 Å². The van der Waals surface area contributed by atoms with E-state index in [1.165, 1.54) is 12.1 Å². The molecule has 1 amide bonds. The van der Waals surface area contributed by atoms with Crippen LogP contribution in [0, 0.1) is 29.6 Å². The zero-order valence-electron chi connectivity index (χ0n) is 24.5. The second kappa shape index (κ2) is 12.0. The van der Waals surface area contributed by atoms with Crippen molar-refractivity contribution in [2.75, 3.05) is 6.54 Å². The van der Waals surface area contributed by atoms with Gasteiger partial charge in [-0.15, -0.1) is 0 Å². The van der Waals surface area contributed by atoms with Gasteiger partial charge in [-0.3, -0.25) is 9.59 Å². The Morgan fingerprint density at radius 3 is 2.35 bits per heavy atom. The number of benzene rings is 1. The fraction of sp³-hybridized carbons (Fsp3) is 0.567. The Morgan fingerprint density at radius 2 is 1.79 bits per heavy atom. The van der Waals surface area contributed by atoms with Gasteiger partial charge in [0.1, 0.15) is 5.54 Å². The number of halogens is 3. The molecule has 0 saturated heterocycles. The summed E-state index contributed by atoms with van der Waals surface area (Å²) < 4.78 is 72.9. The number of aliphatic carboxylic acids is 1. The number of carboxylic acids is 1. The molecule has 2 fully saturated rings. The summed E-state index contributed by atoms with van der Waals surface area (Å²) in [6.45, 7) is 5.38. The van der Waals surface area contributed by atoms with Crippen molar-refractivity contribution < 1.29 is 36.3 Å². The number of carbonyl (C=O) groups is 2. The zero-order chi connectivity index (χ0) is 31.8. The molecule has 4 rings (SSSR count). The van der Waals surface area contributed by atoms with Gasteiger partial charge in [0.15, 0.2) is 0 Å². The third kappa shape index (κ3) is 7.24. The van der Waals surface area contributed by atoms with E-state index in [1.54, 1.807) is 20.8 Å². The predicted octanol–water partition coefficient (Wildman–Crippen LogP) is 5.63. The van der Waals surface area contributed by atoms with Crippen LogP contribution in [0.5, 0.6) is 0 Å². The molecule has 1 aromatic heterocycles. The molecule has 2 saturated carbocycles. The predicted molar refractivity (Wildman–Crippen MR) is 152 cm³/mol. The molecule has 1 aromatic carbocycles. The molecule has 13 heteroatoms. The van der Waals surface area contributed by atoms with Crippen molar-refractivity contribution in [1.29, 1.82) is 5.26 Å². The van der Waals surface area contributed by atoms with Crippen LogP contribution in [0.4, 0.5) is 13.2 Å². The van der Waals surface area contributed by atoms with Gasteiger partial charge in [-0.05, 0) is 82.6 Å². The van der Waals surface area contributed by atoms with Crippen LogP contribution >= 0.6 is 0 Å². The fourth-order valence-electron chi connectivity index (χ4n) is 5.49. The highest BCUT2D eigenvalue weighted by Gasteiger charge is 2.48. The lowest BCUT2D eigenvalue weighted by Crippen LogP contribution is -2.36. The molecule has 0 atom stereocenters. The first-order valence-electron chi connectivity index (χ1n) is 14.4. The van der Waals surface area contributed by atoms with E-state index in [4.69, 9.17) is 0 Å². The molecule has 0 aliphatic heterocycles. The van der Waals surface area contributed by atoms with Gasteiger partial charge in [0, 0.05) is 24.5 Å². The lowest BCUT2D eigenvalue weighted by atomic mass is 9.89. The van der Waals surface area contributed by atoms with E-state index in [0.717, 1.165) is 44.2 Å². The second-order valence-corrected chi connectivity index (χ2v) is 14.0.